The summed E-state index contributed by atoms with van der Waals surface area (Å²) in [5, 5.41) is 9.70. The van der Waals surface area contributed by atoms with Gasteiger partial charge in [-0.15, -0.1) is 0 Å². The number of aromatic hydroxyl groups is 1. The van der Waals surface area contributed by atoms with E-state index in [9.17, 15) is 9.90 Å². The number of phenolic OH excluding ortho intramolecular Hbond substituents is 1. The van der Waals surface area contributed by atoms with E-state index in [1.807, 2.05) is 37.3 Å². The van der Waals surface area contributed by atoms with E-state index in [0.29, 0.717) is 17.7 Å². The quantitative estimate of drug-likeness (QED) is 0.913. The van der Waals surface area contributed by atoms with Gasteiger partial charge < -0.3 is 10.0 Å². The van der Waals surface area contributed by atoms with Crippen molar-refractivity contribution in [3.05, 3.63) is 59.7 Å². The van der Waals surface area contributed by atoms with Crippen molar-refractivity contribution in [1.82, 2.24) is 0 Å². The summed E-state index contributed by atoms with van der Waals surface area (Å²) in [6.45, 7) is 4.27. The Labute approximate surface area is 113 Å². The predicted octanol–water partition coefficient (Wildman–Crippen LogP) is 3.37. The van der Waals surface area contributed by atoms with Gasteiger partial charge in [0, 0.05) is 23.4 Å². The summed E-state index contributed by atoms with van der Waals surface area (Å²) in [4.78, 5) is 14.3. The largest absolute Gasteiger partial charge is 0.508 e. The number of hydrogen-bond donors (Lipinski definition) is 1. The Morgan fingerprint density at radius 1 is 1.11 bits per heavy atom. The zero-order chi connectivity index (χ0) is 13.8. The highest BCUT2D eigenvalue weighted by atomic mass is 16.3. The Bertz CT molecular complexity index is 579. The molecule has 0 spiro atoms. The van der Waals surface area contributed by atoms with Gasteiger partial charge in [0.2, 0.25) is 0 Å². The van der Waals surface area contributed by atoms with Crippen LogP contribution in [0, 0.1) is 6.92 Å². The van der Waals surface area contributed by atoms with Crippen LogP contribution in [0.4, 0.5) is 5.69 Å². The van der Waals surface area contributed by atoms with Gasteiger partial charge in [0.25, 0.3) is 5.91 Å². The van der Waals surface area contributed by atoms with Crippen molar-refractivity contribution in [1.29, 1.82) is 0 Å². The Hall–Kier alpha value is -2.29. The van der Waals surface area contributed by atoms with Crippen LogP contribution >= 0.6 is 0 Å². The highest BCUT2D eigenvalue weighted by molar-refractivity contribution is 6.07. The molecule has 0 aliphatic carbocycles. The lowest BCUT2D eigenvalue weighted by atomic mass is 10.1. The molecule has 2 aromatic rings. The van der Waals surface area contributed by atoms with Crippen molar-refractivity contribution in [2.75, 3.05) is 11.4 Å². The SMILES string of the molecule is CCN(C(=O)c1cccc(O)c1C)c1ccccc1. The van der Waals surface area contributed by atoms with Crippen LogP contribution in [-0.4, -0.2) is 17.6 Å². The summed E-state index contributed by atoms with van der Waals surface area (Å²) >= 11 is 0. The second kappa shape index (κ2) is 5.57. The first-order chi connectivity index (χ1) is 9.15. The second-order valence-electron chi connectivity index (χ2n) is 4.33. The van der Waals surface area contributed by atoms with Crippen LogP contribution in [0.5, 0.6) is 5.75 Å². The van der Waals surface area contributed by atoms with Gasteiger partial charge >= 0.3 is 0 Å². The van der Waals surface area contributed by atoms with E-state index >= 15 is 0 Å². The minimum absolute atomic E-state index is 0.0953. The molecule has 98 valence electrons. The summed E-state index contributed by atoms with van der Waals surface area (Å²) < 4.78 is 0. The molecule has 0 radical (unpaired) electrons. The number of benzene rings is 2. The fraction of sp³-hybridized carbons (Fsp3) is 0.188. The standard InChI is InChI=1S/C16H17NO2/c1-3-17(13-8-5-4-6-9-13)16(19)14-10-7-11-15(18)12(14)2/h4-11,18H,3H2,1-2H3. The number of para-hydroxylation sites is 1. The van der Waals surface area contributed by atoms with E-state index in [1.165, 1.54) is 0 Å². The van der Waals surface area contributed by atoms with Gasteiger partial charge in [0.1, 0.15) is 5.75 Å². The fourth-order valence-electron chi connectivity index (χ4n) is 2.05. The molecule has 0 heterocycles. The highest BCUT2D eigenvalue weighted by Crippen LogP contribution is 2.23. The van der Waals surface area contributed by atoms with Crippen LogP contribution in [0.2, 0.25) is 0 Å². The lowest BCUT2D eigenvalue weighted by molar-refractivity contribution is 0.0987. The molecular formula is C16H17NO2. The number of phenols is 1. The maximum absolute atomic E-state index is 12.6. The number of amides is 1. The number of anilines is 1. The van der Waals surface area contributed by atoms with Crippen LogP contribution in [0.3, 0.4) is 0 Å². The summed E-state index contributed by atoms with van der Waals surface area (Å²) in [6.07, 6.45) is 0. The molecule has 0 fully saturated rings. The number of carbonyl (C=O) groups is 1. The molecule has 1 amide bonds. The first-order valence-corrected chi connectivity index (χ1v) is 6.30. The lowest BCUT2D eigenvalue weighted by Gasteiger charge is -2.22. The summed E-state index contributed by atoms with van der Waals surface area (Å²) in [5.74, 6) is 0.0528. The van der Waals surface area contributed by atoms with Gasteiger partial charge in [-0.2, -0.15) is 0 Å². The van der Waals surface area contributed by atoms with Crippen LogP contribution in [-0.2, 0) is 0 Å². The van der Waals surface area contributed by atoms with Gasteiger partial charge in [-0.25, -0.2) is 0 Å². The molecule has 0 saturated heterocycles. The molecule has 2 rings (SSSR count). The highest BCUT2D eigenvalue weighted by Gasteiger charge is 2.18. The number of rotatable bonds is 3. The zero-order valence-corrected chi connectivity index (χ0v) is 11.1. The van der Waals surface area contributed by atoms with Gasteiger partial charge in [0.05, 0.1) is 0 Å². The van der Waals surface area contributed by atoms with Crippen LogP contribution in [0.1, 0.15) is 22.8 Å². The molecule has 0 unspecified atom stereocenters. The normalized spacial score (nSPS) is 10.2. The Kier molecular flexibility index (Phi) is 3.85. The van der Waals surface area contributed by atoms with E-state index < -0.39 is 0 Å². The monoisotopic (exact) mass is 255 g/mol. The number of carbonyl (C=O) groups excluding carboxylic acids is 1. The Morgan fingerprint density at radius 3 is 2.42 bits per heavy atom. The van der Waals surface area contributed by atoms with E-state index in [-0.39, 0.29) is 11.7 Å². The fourth-order valence-corrected chi connectivity index (χ4v) is 2.05. The smallest absolute Gasteiger partial charge is 0.258 e. The van der Waals surface area contributed by atoms with Gasteiger partial charge in [0.15, 0.2) is 0 Å². The molecule has 0 aliphatic rings. The molecule has 2 aromatic carbocycles. The molecule has 0 aliphatic heterocycles. The second-order valence-corrected chi connectivity index (χ2v) is 4.33. The maximum Gasteiger partial charge on any atom is 0.258 e. The number of hydrogen-bond acceptors (Lipinski definition) is 2. The minimum atomic E-state index is -0.0953. The van der Waals surface area contributed by atoms with Crippen molar-refractivity contribution < 1.29 is 9.90 Å². The Morgan fingerprint density at radius 2 is 1.79 bits per heavy atom. The van der Waals surface area contributed by atoms with Crippen LogP contribution in [0.15, 0.2) is 48.5 Å². The summed E-state index contributed by atoms with van der Waals surface area (Å²) in [7, 11) is 0. The van der Waals surface area contributed by atoms with Crippen molar-refractivity contribution in [2.45, 2.75) is 13.8 Å². The van der Waals surface area contributed by atoms with Crippen LogP contribution < -0.4 is 4.90 Å². The lowest BCUT2D eigenvalue weighted by Crippen LogP contribution is -2.31. The average molecular weight is 255 g/mol. The molecule has 3 heteroatoms. The van der Waals surface area contributed by atoms with Crippen molar-refractivity contribution in [3.63, 3.8) is 0 Å². The molecular weight excluding hydrogens is 238 g/mol. The first-order valence-electron chi connectivity index (χ1n) is 6.30. The molecule has 1 N–H and O–H groups in total. The van der Waals surface area contributed by atoms with E-state index in [1.54, 1.807) is 30.0 Å². The van der Waals surface area contributed by atoms with E-state index in [2.05, 4.69) is 0 Å². The number of nitrogens with zero attached hydrogens (tertiary/aromatic N) is 1. The molecule has 0 aromatic heterocycles. The van der Waals surface area contributed by atoms with Gasteiger partial charge in [-0.05, 0) is 38.1 Å². The van der Waals surface area contributed by atoms with Gasteiger partial charge in [-0.3, -0.25) is 4.79 Å². The third-order valence-electron chi connectivity index (χ3n) is 3.16. The average Bonchev–Trinajstić information content (AvgIpc) is 2.44. The Balaban J connectivity index is 2.39. The van der Waals surface area contributed by atoms with Crippen molar-refractivity contribution in [3.8, 4) is 5.75 Å². The summed E-state index contributed by atoms with van der Waals surface area (Å²) in [6, 6.07) is 14.5. The third kappa shape index (κ3) is 2.60. The maximum atomic E-state index is 12.6. The molecule has 19 heavy (non-hydrogen) atoms. The van der Waals surface area contributed by atoms with Crippen LogP contribution in [0.25, 0.3) is 0 Å². The zero-order valence-electron chi connectivity index (χ0n) is 11.1. The van der Waals surface area contributed by atoms with E-state index in [4.69, 9.17) is 0 Å². The minimum Gasteiger partial charge on any atom is -0.508 e. The molecule has 0 bridgehead atoms. The van der Waals surface area contributed by atoms with Gasteiger partial charge in [-0.1, -0.05) is 24.3 Å². The third-order valence-corrected chi connectivity index (χ3v) is 3.16. The molecule has 0 saturated carbocycles. The van der Waals surface area contributed by atoms with E-state index in [0.717, 1.165) is 5.69 Å². The first kappa shape index (κ1) is 13.1. The summed E-state index contributed by atoms with van der Waals surface area (Å²) in [5.41, 5.74) is 2.00. The predicted molar refractivity (Wildman–Crippen MR) is 76.6 cm³/mol. The van der Waals surface area contributed by atoms with Crippen molar-refractivity contribution >= 4 is 11.6 Å². The van der Waals surface area contributed by atoms with Crippen molar-refractivity contribution in [2.24, 2.45) is 0 Å². The topological polar surface area (TPSA) is 40.5 Å². The molecule has 0 atom stereocenters. The molecule has 3 nitrogen and oxygen atoms in total.